The number of amides is 1. The number of halogens is 2. The topological polar surface area (TPSA) is 95.6 Å². The summed E-state index contributed by atoms with van der Waals surface area (Å²) < 4.78 is 17.8. The largest absolute Gasteiger partial charge is 0.484 e. The van der Waals surface area contributed by atoms with Crippen LogP contribution >= 0.6 is 23.2 Å². The second kappa shape index (κ2) is 10.5. The molecule has 0 saturated carbocycles. The number of rotatable bonds is 8. The highest BCUT2D eigenvalue weighted by molar-refractivity contribution is 6.35. The average Bonchev–Trinajstić information content (AvgIpc) is 3.47. The van der Waals surface area contributed by atoms with Gasteiger partial charge in [-0.05, 0) is 49.4 Å². The second-order valence-corrected chi connectivity index (χ2v) is 7.80. The number of nitrogens with zero attached hydrogens (tertiary/aromatic N) is 2. The Hall–Kier alpha value is -3.75. The summed E-state index contributed by atoms with van der Waals surface area (Å²) in [5.74, 6) is -0.154. The smallest absolute Gasteiger partial charge is 0.343 e. The Morgan fingerprint density at radius 3 is 2.62 bits per heavy atom. The van der Waals surface area contributed by atoms with Crippen molar-refractivity contribution < 1.29 is 23.5 Å². The van der Waals surface area contributed by atoms with Crippen molar-refractivity contribution in [2.45, 2.75) is 13.5 Å². The van der Waals surface area contributed by atoms with Crippen LogP contribution in [0.5, 0.6) is 5.75 Å². The molecule has 0 bridgehead atoms. The van der Waals surface area contributed by atoms with Crippen molar-refractivity contribution in [3.8, 4) is 11.4 Å². The SMILES string of the molecule is CCOC(=O)c1cnn(-c2ccccc2)c1NC(=O)c1ccc(COc2ccc(Cl)cc2Cl)o1. The summed E-state index contributed by atoms with van der Waals surface area (Å²) in [6.07, 6.45) is 1.35. The van der Waals surface area contributed by atoms with Crippen LogP contribution in [0.1, 0.15) is 33.6 Å². The predicted octanol–water partition coefficient (Wildman–Crippen LogP) is 5.78. The van der Waals surface area contributed by atoms with Gasteiger partial charge in [-0.1, -0.05) is 41.4 Å². The molecule has 0 unspecified atom stereocenters. The van der Waals surface area contributed by atoms with Gasteiger partial charge in [0.1, 0.15) is 23.7 Å². The number of furan rings is 1. The third-order valence-electron chi connectivity index (χ3n) is 4.65. The minimum absolute atomic E-state index is 0.0245. The molecule has 0 radical (unpaired) electrons. The molecule has 34 heavy (non-hydrogen) atoms. The lowest BCUT2D eigenvalue weighted by Gasteiger charge is -2.10. The van der Waals surface area contributed by atoms with Crippen molar-refractivity contribution in [2.24, 2.45) is 0 Å². The first-order chi connectivity index (χ1) is 16.5. The number of ether oxygens (including phenoxy) is 2. The van der Waals surface area contributed by atoms with Gasteiger partial charge in [0, 0.05) is 5.02 Å². The van der Waals surface area contributed by atoms with Gasteiger partial charge in [-0.3, -0.25) is 4.79 Å². The van der Waals surface area contributed by atoms with Crippen LogP contribution in [0.15, 0.2) is 71.3 Å². The van der Waals surface area contributed by atoms with Gasteiger partial charge in [-0.25, -0.2) is 9.48 Å². The number of aromatic nitrogens is 2. The molecule has 2 heterocycles. The van der Waals surface area contributed by atoms with Crippen LogP contribution in [-0.4, -0.2) is 28.3 Å². The Morgan fingerprint density at radius 2 is 1.88 bits per heavy atom. The first kappa shape index (κ1) is 23.4. The fourth-order valence-corrected chi connectivity index (χ4v) is 3.54. The molecule has 0 aliphatic heterocycles. The molecule has 4 rings (SSSR count). The van der Waals surface area contributed by atoms with E-state index in [0.29, 0.717) is 27.2 Å². The number of carbonyl (C=O) groups excluding carboxylic acids is 2. The normalized spacial score (nSPS) is 10.7. The molecular formula is C24H19Cl2N3O5. The maximum atomic E-state index is 12.9. The summed E-state index contributed by atoms with van der Waals surface area (Å²) in [6, 6.07) is 17.0. The van der Waals surface area contributed by atoms with Crippen molar-refractivity contribution in [1.82, 2.24) is 9.78 Å². The van der Waals surface area contributed by atoms with Crippen molar-refractivity contribution in [3.05, 3.63) is 94.0 Å². The van der Waals surface area contributed by atoms with Gasteiger partial charge in [0.2, 0.25) is 0 Å². The van der Waals surface area contributed by atoms with Crippen molar-refractivity contribution in [2.75, 3.05) is 11.9 Å². The van der Waals surface area contributed by atoms with Gasteiger partial charge >= 0.3 is 5.97 Å². The van der Waals surface area contributed by atoms with Crippen LogP contribution in [0.3, 0.4) is 0 Å². The van der Waals surface area contributed by atoms with E-state index < -0.39 is 11.9 Å². The summed E-state index contributed by atoms with van der Waals surface area (Å²) in [4.78, 5) is 25.3. The lowest BCUT2D eigenvalue weighted by Crippen LogP contribution is -2.17. The Labute approximate surface area is 205 Å². The van der Waals surface area contributed by atoms with Crippen LogP contribution in [0, 0.1) is 0 Å². The first-order valence-corrected chi connectivity index (χ1v) is 11.0. The summed E-state index contributed by atoms with van der Waals surface area (Å²) in [5, 5.41) is 7.80. The summed E-state index contributed by atoms with van der Waals surface area (Å²) in [6.45, 7) is 1.92. The Bertz CT molecular complexity index is 1320. The highest BCUT2D eigenvalue weighted by atomic mass is 35.5. The first-order valence-electron chi connectivity index (χ1n) is 10.2. The van der Waals surface area contributed by atoms with Crippen molar-refractivity contribution >= 4 is 40.9 Å². The van der Waals surface area contributed by atoms with Crippen molar-refractivity contribution in [3.63, 3.8) is 0 Å². The van der Waals surface area contributed by atoms with E-state index >= 15 is 0 Å². The van der Waals surface area contributed by atoms with E-state index in [1.807, 2.05) is 18.2 Å². The molecule has 1 amide bonds. The molecule has 174 valence electrons. The highest BCUT2D eigenvalue weighted by Gasteiger charge is 2.23. The van der Waals surface area contributed by atoms with Gasteiger partial charge in [-0.2, -0.15) is 5.10 Å². The number of carbonyl (C=O) groups is 2. The van der Waals surface area contributed by atoms with E-state index in [4.69, 9.17) is 37.1 Å². The summed E-state index contributed by atoms with van der Waals surface area (Å²) >= 11 is 12.0. The number of hydrogen-bond donors (Lipinski definition) is 1. The average molecular weight is 500 g/mol. The van der Waals surface area contributed by atoms with Gasteiger partial charge in [-0.15, -0.1) is 0 Å². The van der Waals surface area contributed by atoms with Crippen molar-refractivity contribution in [1.29, 1.82) is 0 Å². The zero-order valence-electron chi connectivity index (χ0n) is 18.0. The fraction of sp³-hybridized carbons (Fsp3) is 0.125. The molecule has 1 N–H and O–H groups in total. The van der Waals surface area contributed by atoms with E-state index in [0.717, 1.165) is 0 Å². The molecular weight excluding hydrogens is 481 g/mol. The molecule has 4 aromatic rings. The Morgan fingerprint density at radius 1 is 1.09 bits per heavy atom. The van der Waals surface area contributed by atoms with Crippen LogP contribution < -0.4 is 10.1 Å². The van der Waals surface area contributed by atoms with Crippen LogP contribution in [-0.2, 0) is 11.3 Å². The maximum Gasteiger partial charge on any atom is 0.343 e. The second-order valence-electron chi connectivity index (χ2n) is 6.96. The highest BCUT2D eigenvalue weighted by Crippen LogP contribution is 2.28. The van der Waals surface area contributed by atoms with Crippen LogP contribution in [0.4, 0.5) is 5.82 Å². The van der Waals surface area contributed by atoms with E-state index in [9.17, 15) is 9.59 Å². The van der Waals surface area contributed by atoms with Gasteiger partial charge in [0.15, 0.2) is 11.6 Å². The van der Waals surface area contributed by atoms with Crippen LogP contribution in [0.2, 0.25) is 10.0 Å². The van der Waals surface area contributed by atoms with Gasteiger partial charge in [0.05, 0.1) is 23.5 Å². The number of para-hydroxylation sites is 1. The van der Waals surface area contributed by atoms with Crippen LogP contribution in [0.25, 0.3) is 5.69 Å². The lowest BCUT2D eigenvalue weighted by molar-refractivity contribution is 0.0527. The molecule has 0 atom stereocenters. The molecule has 2 aromatic heterocycles. The van der Waals surface area contributed by atoms with E-state index in [1.165, 1.54) is 16.9 Å². The predicted molar refractivity (Wildman–Crippen MR) is 127 cm³/mol. The number of benzene rings is 2. The Balaban J connectivity index is 1.53. The summed E-state index contributed by atoms with van der Waals surface area (Å²) in [5.41, 5.74) is 0.772. The molecule has 10 heteroatoms. The number of hydrogen-bond acceptors (Lipinski definition) is 6. The molecule has 8 nitrogen and oxygen atoms in total. The maximum absolute atomic E-state index is 12.9. The lowest BCUT2D eigenvalue weighted by atomic mass is 10.3. The molecule has 2 aromatic carbocycles. The quantitative estimate of drug-likeness (QED) is 0.308. The zero-order valence-corrected chi connectivity index (χ0v) is 19.5. The molecule has 0 fully saturated rings. The van der Waals surface area contributed by atoms with Gasteiger partial charge < -0.3 is 19.2 Å². The zero-order chi connectivity index (χ0) is 24.1. The molecule has 0 aliphatic rings. The molecule has 0 saturated heterocycles. The summed E-state index contributed by atoms with van der Waals surface area (Å²) in [7, 11) is 0. The number of nitrogens with one attached hydrogen (secondary N) is 1. The third-order valence-corrected chi connectivity index (χ3v) is 5.18. The standard InChI is InChI=1S/C24H19Cl2N3O5/c1-2-32-24(31)18-13-27-29(16-6-4-3-5-7-16)22(18)28-23(30)21-11-9-17(34-21)14-33-20-10-8-15(25)12-19(20)26/h3-13H,2,14H2,1H3,(H,28,30). The monoisotopic (exact) mass is 499 g/mol. The Kier molecular flexibility index (Phi) is 7.20. The fourth-order valence-electron chi connectivity index (χ4n) is 3.08. The minimum Gasteiger partial charge on any atom is -0.484 e. The van der Waals surface area contributed by atoms with E-state index in [1.54, 1.807) is 43.3 Å². The van der Waals surface area contributed by atoms with Gasteiger partial charge in [0.25, 0.3) is 5.91 Å². The molecule has 0 aliphatic carbocycles. The number of esters is 1. The van der Waals surface area contributed by atoms with E-state index in [-0.39, 0.29) is 30.4 Å². The van der Waals surface area contributed by atoms with E-state index in [2.05, 4.69) is 10.4 Å². The number of anilines is 1. The molecule has 0 spiro atoms. The third kappa shape index (κ3) is 5.24. The minimum atomic E-state index is -0.603.